The van der Waals surface area contributed by atoms with Crippen molar-refractivity contribution in [1.82, 2.24) is 15.0 Å². The Morgan fingerprint density at radius 2 is 2.29 bits per heavy atom. The van der Waals surface area contributed by atoms with Crippen LogP contribution < -0.4 is 5.73 Å². The van der Waals surface area contributed by atoms with Crippen LogP contribution in [-0.4, -0.2) is 32.1 Å². The average Bonchev–Trinajstić information content (AvgIpc) is 2.62. The number of rotatable bonds is 7. The van der Waals surface area contributed by atoms with Gasteiger partial charge < -0.3 is 10.8 Å². The molecule has 0 fully saturated rings. The Bertz CT molecular complexity index is 374. The number of hydrogen-bond donors (Lipinski definition) is 2. The van der Waals surface area contributed by atoms with E-state index in [9.17, 15) is 9.90 Å². The van der Waals surface area contributed by atoms with Gasteiger partial charge in [-0.1, -0.05) is 18.6 Å². The highest BCUT2D eigenvalue weighted by Gasteiger charge is 2.16. The SMILES string of the molecule is CCCc1c(C(N)=O)nnn1CCCC(C)O. The summed E-state index contributed by atoms with van der Waals surface area (Å²) in [5, 5.41) is 16.9. The second kappa shape index (κ2) is 6.34. The summed E-state index contributed by atoms with van der Waals surface area (Å²) in [6.07, 6.45) is 2.83. The summed E-state index contributed by atoms with van der Waals surface area (Å²) < 4.78 is 1.71. The highest BCUT2D eigenvalue weighted by molar-refractivity contribution is 5.91. The zero-order valence-corrected chi connectivity index (χ0v) is 10.4. The molecule has 1 unspecified atom stereocenters. The van der Waals surface area contributed by atoms with E-state index in [1.807, 2.05) is 6.92 Å². The number of aliphatic hydroxyl groups excluding tert-OH is 1. The van der Waals surface area contributed by atoms with Crippen molar-refractivity contribution in [1.29, 1.82) is 0 Å². The smallest absolute Gasteiger partial charge is 0.271 e. The van der Waals surface area contributed by atoms with Crippen molar-refractivity contribution in [3.05, 3.63) is 11.4 Å². The van der Waals surface area contributed by atoms with Crippen LogP contribution in [0.1, 0.15) is 49.3 Å². The van der Waals surface area contributed by atoms with E-state index in [4.69, 9.17) is 5.73 Å². The number of nitrogens with zero attached hydrogens (tertiary/aromatic N) is 3. The number of aryl methyl sites for hydroxylation is 1. The van der Waals surface area contributed by atoms with Crippen LogP contribution in [0.3, 0.4) is 0 Å². The fourth-order valence-electron chi connectivity index (χ4n) is 1.72. The number of aromatic nitrogens is 3. The number of nitrogens with two attached hydrogens (primary N) is 1. The van der Waals surface area contributed by atoms with E-state index in [0.717, 1.165) is 25.0 Å². The molecule has 0 saturated carbocycles. The summed E-state index contributed by atoms with van der Waals surface area (Å²) in [6.45, 7) is 4.43. The third-order valence-corrected chi connectivity index (χ3v) is 2.55. The van der Waals surface area contributed by atoms with E-state index in [1.165, 1.54) is 0 Å². The Kier molecular flexibility index (Phi) is 5.09. The highest BCUT2D eigenvalue weighted by atomic mass is 16.3. The van der Waals surface area contributed by atoms with Gasteiger partial charge in [-0.2, -0.15) is 0 Å². The molecule has 1 rings (SSSR count). The van der Waals surface area contributed by atoms with Crippen molar-refractivity contribution in [3.63, 3.8) is 0 Å². The van der Waals surface area contributed by atoms with Crippen molar-refractivity contribution in [2.75, 3.05) is 0 Å². The first-order valence-electron chi connectivity index (χ1n) is 5.96. The fraction of sp³-hybridized carbons (Fsp3) is 0.727. The minimum Gasteiger partial charge on any atom is -0.393 e. The van der Waals surface area contributed by atoms with Gasteiger partial charge in [-0.25, -0.2) is 4.68 Å². The van der Waals surface area contributed by atoms with Crippen molar-refractivity contribution < 1.29 is 9.90 Å². The fourth-order valence-corrected chi connectivity index (χ4v) is 1.72. The van der Waals surface area contributed by atoms with E-state index in [1.54, 1.807) is 11.6 Å². The average molecular weight is 240 g/mol. The molecule has 1 heterocycles. The van der Waals surface area contributed by atoms with E-state index in [0.29, 0.717) is 13.0 Å². The number of aliphatic hydroxyl groups is 1. The number of primary amides is 1. The van der Waals surface area contributed by atoms with Crippen molar-refractivity contribution >= 4 is 5.91 Å². The maximum atomic E-state index is 11.2. The van der Waals surface area contributed by atoms with E-state index >= 15 is 0 Å². The summed E-state index contributed by atoms with van der Waals surface area (Å²) >= 11 is 0. The molecule has 0 saturated heterocycles. The Balaban J connectivity index is 2.73. The molecule has 0 aromatic carbocycles. The zero-order valence-electron chi connectivity index (χ0n) is 10.4. The number of carbonyl (C=O) groups is 1. The normalized spacial score (nSPS) is 12.6. The molecule has 1 atom stereocenters. The van der Waals surface area contributed by atoms with Gasteiger partial charge in [-0.15, -0.1) is 5.10 Å². The Labute approximate surface area is 101 Å². The molecular formula is C11H20N4O2. The molecule has 17 heavy (non-hydrogen) atoms. The molecule has 1 amide bonds. The summed E-state index contributed by atoms with van der Waals surface area (Å²) in [4.78, 5) is 11.2. The largest absolute Gasteiger partial charge is 0.393 e. The first-order valence-corrected chi connectivity index (χ1v) is 5.96. The molecule has 6 heteroatoms. The molecular weight excluding hydrogens is 220 g/mol. The second-order valence-electron chi connectivity index (χ2n) is 4.21. The standard InChI is InChI=1S/C11H20N4O2/c1-3-5-9-10(11(12)17)13-14-15(9)7-4-6-8(2)16/h8,16H,3-7H2,1-2H3,(H2,12,17). The third kappa shape index (κ3) is 3.81. The minimum absolute atomic E-state index is 0.267. The molecule has 1 aromatic rings. The molecule has 6 nitrogen and oxygen atoms in total. The molecule has 1 aromatic heterocycles. The lowest BCUT2D eigenvalue weighted by molar-refractivity contribution is 0.0994. The van der Waals surface area contributed by atoms with Crippen LogP contribution in [0.15, 0.2) is 0 Å². The molecule has 3 N–H and O–H groups in total. The molecule has 0 aliphatic carbocycles. The number of hydrogen-bond acceptors (Lipinski definition) is 4. The lowest BCUT2D eigenvalue weighted by Gasteiger charge is -2.07. The minimum atomic E-state index is -0.532. The van der Waals surface area contributed by atoms with Gasteiger partial charge in [0, 0.05) is 6.54 Å². The molecule has 0 spiro atoms. The Morgan fingerprint density at radius 1 is 1.59 bits per heavy atom. The summed E-state index contributed by atoms with van der Waals surface area (Å²) in [7, 11) is 0. The third-order valence-electron chi connectivity index (χ3n) is 2.55. The lowest BCUT2D eigenvalue weighted by atomic mass is 10.2. The quantitative estimate of drug-likeness (QED) is 0.725. The summed E-state index contributed by atoms with van der Waals surface area (Å²) in [5.74, 6) is -0.532. The van der Waals surface area contributed by atoms with Gasteiger partial charge in [0.15, 0.2) is 5.69 Å². The predicted molar refractivity (Wildman–Crippen MR) is 63.4 cm³/mol. The maximum absolute atomic E-state index is 11.2. The lowest BCUT2D eigenvalue weighted by Crippen LogP contribution is -2.15. The topological polar surface area (TPSA) is 94.0 Å². The van der Waals surface area contributed by atoms with Gasteiger partial charge >= 0.3 is 0 Å². The monoisotopic (exact) mass is 240 g/mol. The van der Waals surface area contributed by atoms with Crippen LogP contribution in [0.5, 0.6) is 0 Å². The number of carbonyl (C=O) groups excluding carboxylic acids is 1. The summed E-state index contributed by atoms with van der Waals surface area (Å²) in [6, 6.07) is 0. The van der Waals surface area contributed by atoms with Gasteiger partial charge in [-0.3, -0.25) is 4.79 Å². The first kappa shape index (κ1) is 13.6. The molecule has 0 radical (unpaired) electrons. The zero-order chi connectivity index (χ0) is 12.8. The molecule has 0 aliphatic heterocycles. The van der Waals surface area contributed by atoms with Crippen LogP contribution in [0, 0.1) is 0 Å². The number of amides is 1. The molecule has 0 aliphatic rings. The highest BCUT2D eigenvalue weighted by Crippen LogP contribution is 2.09. The van der Waals surface area contributed by atoms with Crippen LogP contribution in [0.4, 0.5) is 0 Å². The van der Waals surface area contributed by atoms with E-state index in [-0.39, 0.29) is 11.8 Å². The van der Waals surface area contributed by atoms with Crippen LogP contribution in [0.25, 0.3) is 0 Å². The first-order chi connectivity index (χ1) is 8.06. The van der Waals surface area contributed by atoms with Gasteiger partial charge in [0.05, 0.1) is 11.8 Å². The van der Waals surface area contributed by atoms with Gasteiger partial charge in [-0.05, 0) is 26.2 Å². The van der Waals surface area contributed by atoms with Crippen LogP contribution in [-0.2, 0) is 13.0 Å². The second-order valence-corrected chi connectivity index (χ2v) is 4.21. The molecule has 0 bridgehead atoms. The van der Waals surface area contributed by atoms with Crippen LogP contribution >= 0.6 is 0 Å². The van der Waals surface area contributed by atoms with E-state index < -0.39 is 5.91 Å². The van der Waals surface area contributed by atoms with E-state index in [2.05, 4.69) is 10.3 Å². The van der Waals surface area contributed by atoms with Crippen molar-refractivity contribution in [3.8, 4) is 0 Å². The van der Waals surface area contributed by atoms with Gasteiger partial charge in [0.1, 0.15) is 0 Å². The molecule has 96 valence electrons. The maximum Gasteiger partial charge on any atom is 0.271 e. The summed E-state index contributed by atoms with van der Waals surface area (Å²) in [5.41, 5.74) is 6.30. The predicted octanol–water partition coefficient (Wildman–Crippen LogP) is 0.490. The Morgan fingerprint density at radius 3 is 2.82 bits per heavy atom. The Hall–Kier alpha value is -1.43. The van der Waals surface area contributed by atoms with Gasteiger partial charge in [0.25, 0.3) is 5.91 Å². The van der Waals surface area contributed by atoms with Crippen LogP contribution in [0.2, 0.25) is 0 Å². The van der Waals surface area contributed by atoms with Gasteiger partial charge in [0.2, 0.25) is 0 Å². The van der Waals surface area contributed by atoms with Crippen molar-refractivity contribution in [2.24, 2.45) is 5.73 Å². The van der Waals surface area contributed by atoms with Crippen molar-refractivity contribution in [2.45, 2.75) is 52.2 Å².